The van der Waals surface area contributed by atoms with Crippen molar-refractivity contribution < 1.29 is 40.8 Å². The van der Waals surface area contributed by atoms with Gasteiger partial charge in [0, 0.05) is 46.3 Å². The maximum atomic E-state index is 2.25. The Morgan fingerprint density at radius 3 is 1.04 bits per heavy atom. The third-order valence-electron chi connectivity index (χ3n) is 5.11. The summed E-state index contributed by atoms with van der Waals surface area (Å²) in [4.78, 5) is 0. The smallest absolute Gasteiger partial charge is 0.0491 e. The van der Waals surface area contributed by atoms with Gasteiger partial charge < -0.3 is 0 Å². The van der Waals surface area contributed by atoms with Crippen LogP contribution in [0.2, 0.25) is 0 Å². The molecule has 0 radical (unpaired) electrons. The van der Waals surface area contributed by atoms with E-state index in [0.717, 1.165) is 6.42 Å². The van der Waals surface area contributed by atoms with Gasteiger partial charge in [-0.25, -0.2) is 0 Å². The topological polar surface area (TPSA) is 0 Å². The summed E-state index contributed by atoms with van der Waals surface area (Å²) in [5.41, 5.74) is 5.08. The largest absolute Gasteiger partial charge is 0.0622 e. The van der Waals surface area contributed by atoms with Crippen molar-refractivity contribution in [3.63, 3.8) is 0 Å². The maximum absolute atomic E-state index is 2.25. The molecular formula is C26H22Nd. The predicted molar refractivity (Wildman–Crippen MR) is 109 cm³/mol. The predicted octanol–water partition coefficient (Wildman–Crippen LogP) is 6.26. The molecule has 0 atom stereocenters. The average Bonchev–Trinajstić information content (AvgIpc) is 2.75. The van der Waals surface area contributed by atoms with Crippen LogP contribution < -0.4 is 0 Å². The molecule has 27 heavy (non-hydrogen) atoms. The quantitative estimate of drug-likeness (QED) is 0.297. The van der Waals surface area contributed by atoms with Gasteiger partial charge in [-0.15, -0.1) is 0 Å². The van der Waals surface area contributed by atoms with Gasteiger partial charge in [0.25, 0.3) is 0 Å². The summed E-state index contributed by atoms with van der Waals surface area (Å²) in [6.45, 7) is 0. The van der Waals surface area contributed by atoms with Gasteiger partial charge in [0.15, 0.2) is 0 Å². The third-order valence-corrected chi connectivity index (χ3v) is 5.11. The van der Waals surface area contributed by atoms with E-state index in [0.29, 0.717) is 0 Å². The summed E-state index contributed by atoms with van der Waals surface area (Å²) in [6, 6.07) is 43.4. The van der Waals surface area contributed by atoms with Gasteiger partial charge in [-0.2, -0.15) is 0 Å². The molecule has 0 amide bonds. The molecule has 0 aliphatic carbocycles. The van der Waals surface area contributed by atoms with Crippen molar-refractivity contribution in [2.24, 2.45) is 0 Å². The zero-order chi connectivity index (χ0) is 17.7. The van der Waals surface area contributed by atoms with Gasteiger partial charge in [-0.05, 0) is 28.7 Å². The monoisotopic (exact) mass is 476 g/mol. The Bertz CT molecular complexity index is 836. The van der Waals surface area contributed by atoms with E-state index in [9.17, 15) is 0 Å². The fourth-order valence-electron chi connectivity index (χ4n) is 3.88. The first-order valence-corrected chi connectivity index (χ1v) is 9.10. The van der Waals surface area contributed by atoms with E-state index >= 15 is 0 Å². The molecule has 0 unspecified atom stereocenters. The number of rotatable bonds is 5. The Hall–Kier alpha value is -1.77. The molecule has 0 fully saturated rings. The van der Waals surface area contributed by atoms with Gasteiger partial charge in [0.1, 0.15) is 0 Å². The van der Waals surface area contributed by atoms with Crippen LogP contribution in [0.15, 0.2) is 121 Å². The van der Waals surface area contributed by atoms with E-state index in [-0.39, 0.29) is 46.3 Å². The first kappa shape index (κ1) is 20.0. The van der Waals surface area contributed by atoms with Gasteiger partial charge in [-0.3, -0.25) is 0 Å². The van der Waals surface area contributed by atoms with Crippen LogP contribution >= 0.6 is 0 Å². The normalized spacial score (nSPS) is 10.8. The zero-order valence-corrected chi connectivity index (χ0v) is 18.5. The summed E-state index contributed by atoms with van der Waals surface area (Å²) < 4.78 is 0. The van der Waals surface area contributed by atoms with Crippen LogP contribution in [0.5, 0.6) is 0 Å². The second-order valence-corrected chi connectivity index (χ2v) is 6.67. The van der Waals surface area contributed by atoms with E-state index in [1.54, 1.807) is 0 Å². The van der Waals surface area contributed by atoms with Gasteiger partial charge >= 0.3 is 0 Å². The van der Waals surface area contributed by atoms with Crippen molar-refractivity contribution in [2.45, 2.75) is 11.8 Å². The standard InChI is InChI=1S/C26H22.Nd/c1-5-13-22(14-6-1)21-26(23-15-7-2-8-16-23,24-17-9-3-10-18-24)25-19-11-4-12-20-25;/h1-20H,21H2;. The average molecular weight is 479 g/mol. The van der Waals surface area contributed by atoms with Crippen molar-refractivity contribution in [3.05, 3.63) is 144 Å². The second kappa shape index (κ2) is 9.43. The first-order valence-electron chi connectivity index (χ1n) is 9.10. The van der Waals surface area contributed by atoms with E-state index in [4.69, 9.17) is 0 Å². The number of hydrogen-bond acceptors (Lipinski definition) is 0. The molecule has 0 spiro atoms. The summed E-state index contributed by atoms with van der Waals surface area (Å²) in [5.74, 6) is 0. The molecule has 1 heteroatoms. The van der Waals surface area contributed by atoms with Gasteiger partial charge in [0.2, 0.25) is 0 Å². The number of benzene rings is 4. The maximum Gasteiger partial charge on any atom is 0.0491 e. The van der Waals surface area contributed by atoms with Crippen LogP contribution in [-0.2, 0) is 11.8 Å². The Kier molecular flexibility index (Phi) is 6.98. The molecule has 0 nitrogen and oxygen atoms in total. The van der Waals surface area contributed by atoms with Crippen molar-refractivity contribution >= 4 is 0 Å². The summed E-state index contributed by atoms with van der Waals surface area (Å²) in [5, 5.41) is 0. The molecule has 0 saturated carbocycles. The summed E-state index contributed by atoms with van der Waals surface area (Å²) in [7, 11) is 0. The van der Waals surface area contributed by atoms with Crippen LogP contribution in [0.1, 0.15) is 22.3 Å². The Labute approximate surface area is 194 Å². The van der Waals surface area contributed by atoms with E-state index < -0.39 is 0 Å². The molecule has 4 aromatic rings. The molecule has 0 bridgehead atoms. The molecule has 0 aliphatic rings. The molecule has 130 valence electrons. The van der Waals surface area contributed by atoms with E-state index in [2.05, 4.69) is 121 Å². The Balaban J connectivity index is 0.00000210. The minimum Gasteiger partial charge on any atom is -0.0622 e. The fraction of sp³-hybridized carbons (Fsp3) is 0.0769. The molecule has 0 aliphatic heterocycles. The van der Waals surface area contributed by atoms with Crippen LogP contribution in [0.25, 0.3) is 0 Å². The van der Waals surface area contributed by atoms with E-state index in [1.807, 2.05) is 0 Å². The van der Waals surface area contributed by atoms with Crippen molar-refractivity contribution in [1.29, 1.82) is 0 Å². The third kappa shape index (κ3) is 4.23. The molecule has 4 aromatic carbocycles. The van der Waals surface area contributed by atoms with Gasteiger partial charge in [-0.1, -0.05) is 121 Å². The molecule has 0 aromatic heterocycles. The minimum absolute atomic E-state index is 0. The van der Waals surface area contributed by atoms with Crippen molar-refractivity contribution in [1.82, 2.24) is 0 Å². The fourth-order valence-corrected chi connectivity index (χ4v) is 3.88. The summed E-state index contributed by atoms with van der Waals surface area (Å²) in [6.07, 6.45) is 0.922. The zero-order valence-electron chi connectivity index (χ0n) is 15.3. The van der Waals surface area contributed by atoms with Crippen molar-refractivity contribution in [3.8, 4) is 0 Å². The van der Waals surface area contributed by atoms with Crippen molar-refractivity contribution in [2.75, 3.05) is 0 Å². The van der Waals surface area contributed by atoms with Crippen LogP contribution in [0.4, 0.5) is 0 Å². The molecule has 0 saturated heterocycles. The number of hydrogen-bond donors (Lipinski definition) is 0. The first-order chi connectivity index (χ1) is 12.9. The van der Waals surface area contributed by atoms with Gasteiger partial charge in [0.05, 0.1) is 0 Å². The minimum atomic E-state index is -0.217. The summed E-state index contributed by atoms with van der Waals surface area (Å²) >= 11 is 0. The second-order valence-electron chi connectivity index (χ2n) is 6.67. The van der Waals surface area contributed by atoms with Crippen LogP contribution in [0, 0.1) is 40.8 Å². The SMILES string of the molecule is [Nd].c1ccc(CC(c2ccccc2)(c2ccccc2)c2ccccc2)cc1. The van der Waals surface area contributed by atoms with Crippen LogP contribution in [-0.4, -0.2) is 0 Å². The molecule has 4 rings (SSSR count). The molecular weight excluding hydrogens is 457 g/mol. The van der Waals surface area contributed by atoms with E-state index in [1.165, 1.54) is 22.3 Å². The molecule has 0 N–H and O–H groups in total. The van der Waals surface area contributed by atoms with Crippen LogP contribution in [0.3, 0.4) is 0 Å². The Morgan fingerprint density at radius 2 is 0.704 bits per heavy atom. The molecule has 0 heterocycles. The Morgan fingerprint density at radius 1 is 0.407 bits per heavy atom.